The second-order valence-corrected chi connectivity index (χ2v) is 3.77. The molecule has 3 nitrogen and oxygen atoms in total. The largest absolute Gasteiger partial charge is 0.390 e. The average molecular weight is 236 g/mol. The molecule has 0 bridgehead atoms. The van der Waals surface area contributed by atoms with Gasteiger partial charge in [0.1, 0.15) is 0 Å². The number of hydrogen-bond acceptors (Lipinski definition) is 2. The molecule has 0 saturated carbocycles. The first-order valence-corrected chi connectivity index (χ1v) is 5.16. The number of aldehydes is 1. The van der Waals surface area contributed by atoms with Gasteiger partial charge in [0.05, 0.1) is 12.3 Å². The van der Waals surface area contributed by atoms with E-state index in [4.69, 9.17) is 11.6 Å². The number of hydrogen-bond donors (Lipinski definition) is 1. The standard InChI is InChI=1S/C12H10ClNO2/c13-9-1-3-10(4-2-9)14-11(7-15)5-6-12(14)8-16/h1-7,16H,8H2. The maximum absolute atomic E-state index is 10.9. The van der Waals surface area contributed by atoms with Gasteiger partial charge in [-0.15, -0.1) is 0 Å². The van der Waals surface area contributed by atoms with E-state index < -0.39 is 0 Å². The van der Waals surface area contributed by atoms with Crippen LogP contribution >= 0.6 is 11.6 Å². The number of nitrogens with zero attached hydrogens (tertiary/aromatic N) is 1. The lowest BCUT2D eigenvalue weighted by Gasteiger charge is -2.09. The van der Waals surface area contributed by atoms with Crippen molar-refractivity contribution in [1.29, 1.82) is 0 Å². The van der Waals surface area contributed by atoms with Crippen LogP contribution in [-0.2, 0) is 6.61 Å². The van der Waals surface area contributed by atoms with Crippen molar-refractivity contribution in [1.82, 2.24) is 4.57 Å². The predicted octanol–water partition coefficient (Wildman–Crippen LogP) is 2.44. The van der Waals surface area contributed by atoms with Gasteiger partial charge in [-0.2, -0.15) is 0 Å². The van der Waals surface area contributed by atoms with Gasteiger partial charge in [-0.3, -0.25) is 4.79 Å². The van der Waals surface area contributed by atoms with Gasteiger partial charge in [-0.25, -0.2) is 0 Å². The Bertz CT molecular complexity index is 502. The highest BCUT2D eigenvalue weighted by Crippen LogP contribution is 2.18. The van der Waals surface area contributed by atoms with Gasteiger partial charge in [0.15, 0.2) is 6.29 Å². The molecule has 0 unspecified atom stereocenters. The van der Waals surface area contributed by atoms with Gasteiger partial charge in [0.2, 0.25) is 0 Å². The van der Waals surface area contributed by atoms with E-state index in [-0.39, 0.29) is 6.61 Å². The molecule has 1 aromatic heterocycles. The minimum absolute atomic E-state index is 0.115. The van der Waals surface area contributed by atoms with E-state index in [1.807, 2.05) is 0 Å². The number of rotatable bonds is 3. The maximum atomic E-state index is 10.9. The van der Waals surface area contributed by atoms with Crippen LogP contribution < -0.4 is 0 Å². The van der Waals surface area contributed by atoms with Crippen LogP contribution in [0.25, 0.3) is 5.69 Å². The lowest BCUT2D eigenvalue weighted by Crippen LogP contribution is -2.03. The van der Waals surface area contributed by atoms with Crippen molar-refractivity contribution in [3.05, 3.63) is 52.8 Å². The topological polar surface area (TPSA) is 42.2 Å². The third kappa shape index (κ3) is 1.87. The summed E-state index contributed by atoms with van der Waals surface area (Å²) >= 11 is 5.79. The Hall–Kier alpha value is -1.58. The lowest BCUT2D eigenvalue weighted by molar-refractivity contribution is 0.111. The molecule has 1 N–H and O–H groups in total. The van der Waals surface area contributed by atoms with Crippen LogP contribution in [-0.4, -0.2) is 16.0 Å². The molecular formula is C12H10ClNO2. The Morgan fingerprint density at radius 2 is 1.88 bits per heavy atom. The smallest absolute Gasteiger partial charge is 0.166 e. The van der Waals surface area contributed by atoms with Crippen molar-refractivity contribution in [3.63, 3.8) is 0 Å². The molecule has 0 radical (unpaired) electrons. The van der Waals surface area contributed by atoms with Crippen LogP contribution in [0.3, 0.4) is 0 Å². The van der Waals surface area contributed by atoms with Crippen molar-refractivity contribution in [2.45, 2.75) is 6.61 Å². The van der Waals surface area contributed by atoms with Crippen LogP contribution in [0.1, 0.15) is 16.2 Å². The summed E-state index contributed by atoms with van der Waals surface area (Å²) in [5.41, 5.74) is 1.98. The second-order valence-electron chi connectivity index (χ2n) is 3.34. The Balaban J connectivity index is 2.57. The van der Waals surface area contributed by atoms with Crippen LogP contribution in [0, 0.1) is 0 Å². The van der Waals surface area contributed by atoms with E-state index in [0.29, 0.717) is 16.4 Å². The van der Waals surface area contributed by atoms with E-state index in [1.54, 1.807) is 41.0 Å². The summed E-state index contributed by atoms with van der Waals surface area (Å²) in [7, 11) is 0. The van der Waals surface area contributed by atoms with E-state index >= 15 is 0 Å². The van der Waals surface area contributed by atoms with Gasteiger partial charge >= 0.3 is 0 Å². The Kier molecular flexibility index (Phi) is 3.08. The molecule has 0 aliphatic heterocycles. The molecule has 0 saturated heterocycles. The summed E-state index contributed by atoms with van der Waals surface area (Å²) in [6.45, 7) is -0.115. The fourth-order valence-corrected chi connectivity index (χ4v) is 1.74. The third-order valence-corrected chi connectivity index (χ3v) is 2.61. The van der Waals surface area contributed by atoms with Gasteiger partial charge in [-0.05, 0) is 36.4 Å². The molecule has 0 atom stereocenters. The molecule has 0 fully saturated rings. The summed E-state index contributed by atoms with van der Waals surface area (Å²) in [5.74, 6) is 0. The number of carbonyl (C=O) groups excluding carboxylic acids is 1. The number of halogens is 1. The van der Waals surface area contributed by atoms with Gasteiger partial charge in [0, 0.05) is 16.4 Å². The summed E-state index contributed by atoms with van der Waals surface area (Å²) in [6.07, 6.45) is 0.758. The van der Waals surface area contributed by atoms with E-state index in [9.17, 15) is 9.90 Å². The summed E-state index contributed by atoms with van der Waals surface area (Å²) < 4.78 is 1.70. The molecule has 2 aromatic rings. The Morgan fingerprint density at radius 1 is 1.19 bits per heavy atom. The number of carbonyl (C=O) groups is 1. The second kappa shape index (κ2) is 4.51. The zero-order valence-electron chi connectivity index (χ0n) is 8.43. The molecule has 0 aliphatic rings. The fraction of sp³-hybridized carbons (Fsp3) is 0.0833. The SMILES string of the molecule is O=Cc1ccc(CO)n1-c1ccc(Cl)cc1. The molecule has 0 spiro atoms. The van der Waals surface area contributed by atoms with Crippen LogP contribution in [0.4, 0.5) is 0 Å². The van der Waals surface area contributed by atoms with Crippen LogP contribution in [0.15, 0.2) is 36.4 Å². The highest BCUT2D eigenvalue weighted by atomic mass is 35.5. The van der Waals surface area contributed by atoms with Crippen molar-refractivity contribution >= 4 is 17.9 Å². The number of aliphatic hydroxyl groups excluding tert-OH is 1. The molecular weight excluding hydrogens is 226 g/mol. The van der Waals surface area contributed by atoms with Gasteiger partial charge in [0.25, 0.3) is 0 Å². The minimum Gasteiger partial charge on any atom is -0.390 e. The summed E-state index contributed by atoms with van der Waals surface area (Å²) in [6, 6.07) is 10.5. The molecule has 0 aliphatic carbocycles. The number of aliphatic hydroxyl groups is 1. The zero-order valence-corrected chi connectivity index (χ0v) is 9.19. The maximum Gasteiger partial charge on any atom is 0.166 e. The van der Waals surface area contributed by atoms with Crippen molar-refractivity contribution in [3.8, 4) is 5.69 Å². The summed E-state index contributed by atoms with van der Waals surface area (Å²) in [5, 5.41) is 9.81. The molecule has 16 heavy (non-hydrogen) atoms. The highest BCUT2D eigenvalue weighted by Gasteiger charge is 2.08. The van der Waals surface area contributed by atoms with Gasteiger partial charge < -0.3 is 9.67 Å². The first-order chi connectivity index (χ1) is 7.76. The van der Waals surface area contributed by atoms with Crippen molar-refractivity contribution < 1.29 is 9.90 Å². The molecule has 82 valence electrons. The number of aromatic nitrogens is 1. The Morgan fingerprint density at radius 3 is 2.44 bits per heavy atom. The Labute approximate surface area is 97.9 Å². The minimum atomic E-state index is -0.115. The normalized spacial score (nSPS) is 10.4. The molecule has 1 aromatic carbocycles. The van der Waals surface area contributed by atoms with E-state index in [1.165, 1.54) is 0 Å². The first-order valence-electron chi connectivity index (χ1n) is 4.79. The van der Waals surface area contributed by atoms with Crippen LogP contribution in [0.5, 0.6) is 0 Å². The monoisotopic (exact) mass is 235 g/mol. The van der Waals surface area contributed by atoms with Crippen molar-refractivity contribution in [2.75, 3.05) is 0 Å². The fourth-order valence-electron chi connectivity index (χ4n) is 1.62. The average Bonchev–Trinajstić information content (AvgIpc) is 2.73. The number of benzene rings is 1. The molecule has 2 rings (SSSR count). The first kappa shape index (κ1) is 10.9. The zero-order chi connectivity index (χ0) is 11.5. The van der Waals surface area contributed by atoms with E-state index in [0.717, 1.165) is 12.0 Å². The van der Waals surface area contributed by atoms with Gasteiger partial charge in [-0.1, -0.05) is 11.6 Å². The third-order valence-electron chi connectivity index (χ3n) is 2.36. The van der Waals surface area contributed by atoms with Crippen molar-refractivity contribution in [2.24, 2.45) is 0 Å². The quantitative estimate of drug-likeness (QED) is 0.831. The molecule has 4 heteroatoms. The molecule has 1 heterocycles. The summed E-state index contributed by atoms with van der Waals surface area (Å²) in [4.78, 5) is 10.9. The van der Waals surface area contributed by atoms with Crippen LogP contribution in [0.2, 0.25) is 5.02 Å². The lowest BCUT2D eigenvalue weighted by atomic mass is 10.3. The predicted molar refractivity (Wildman–Crippen MR) is 62.1 cm³/mol. The highest BCUT2D eigenvalue weighted by molar-refractivity contribution is 6.30. The molecule has 0 amide bonds. The van der Waals surface area contributed by atoms with E-state index in [2.05, 4.69) is 0 Å².